The fourth-order valence-corrected chi connectivity index (χ4v) is 3.71. The van der Waals surface area contributed by atoms with Crippen LogP contribution in [-0.2, 0) is 14.3 Å². The van der Waals surface area contributed by atoms with Gasteiger partial charge in [-0.3, -0.25) is 4.79 Å². The summed E-state index contributed by atoms with van der Waals surface area (Å²) in [6.45, 7) is -0.778. The fourth-order valence-electron chi connectivity index (χ4n) is 3.21. The average molecular weight is 518 g/mol. The van der Waals surface area contributed by atoms with E-state index < -0.39 is 24.5 Å². The number of rotatable bonds is 7. The Bertz CT molecular complexity index is 1130. The number of hydrazone groups is 1. The van der Waals surface area contributed by atoms with Gasteiger partial charge in [0, 0.05) is 15.9 Å². The third kappa shape index (κ3) is 5.38. The van der Waals surface area contributed by atoms with E-state index in [4.69, 9.17) is 25.5 Å². The summed E-state index contributed by atoms with van der Waals surface area (Å²) in [6.07, 6.45) is 2.00. The molecule has 4 rings (SSSR count). The van der Waals surface area contributed by atoms with Crippen molar-refractivity contribution in [1.82, 2.24) is 5.01 Å². The molecule has 0 fully saturated rings. The molecule has 1 aliphatic heterocycles. The van der Waals surface area contributed by atoms with Crippen LogP contribution in [0, 0.1) is 0 Å². The Balaban J connectivity index is 1.40. The summed E-state index contributed by atoms with van der Waals surface area (Å²) < 4.78 is 16.8. The molecule has 1 amide bonds. The second kappa shape index (κ2) is 10.0. The van der Waals surface area contributed by atoms with Crippen LogP contribution < -0.4 is 4.74 Å². The van der Waals surface area contributed by atoms with Crippen LogP contribution in [0.5, 0.6) is 5.75 Å². The minimum absolute atomic E-state index is 0.315. The number of benzene rings is 2. The lowest BCUT2D eigenvalue weighted by Gasteiger charge is -2.19. The average Bonchev–Trinajstić information content (AvgIpc) is 3.46. The molecule has 0 spiro atoms. The van der Waals surface area contributed by atoms with Gasteiger partial charge in [0.2, 0.25) is 0 Å². The summed E-state index contributed by atoms with van der Waals surface area (Å²) >= 11 is 9.30. The van der Waals surface area contributed by atoms with E-state index in [1.54, 1.807) is 42.5 Å². The highest BCUT2D eigenvalue weighted by Crippen LogP contribution is 2.33. The molecule has 9 heteroatoms. The molecule has 7 nitrogen and oxygen atoms in total. The van der Waals surface area contributed by atoms with Crippen molar-refractivity contribution in [1.29, 1.82) is 0 Å². The summed E-state index contributed by atoms with van der Waals surface area (Å²) in [4.78, 5) is 24.9. The van der Waals surface area contributed by atoms with Crippen LogP contribution in [0.15, 0.2) is 80.9 Å². The maximum absolute atomic E-state index is 12.8. The number of carbonyl (C=O) groups excluding carboxylic acids is 2. The molecule has 0 saturated carbocycles. The lowest BCUT2D eigenvalue weighted by Crippen LogP contribution is -2.32. The van der Waals surface area contributed by atoms with Crippen LogP contribution >= 0.6 is 27.5 Å². The normalized spacial score (nSPS) is 15.4. The van der Waals surface area contributed by atoms with Crippen molar-refractivity contribution in [2.75, 3.05) is 13.2 Å². The third-order valence-corrected chi connectivity index (χ3v) is 5.47. The molecule has 0 saturated heterocycles. The van der Waals surface area contributed by atoms with E-state index in [1.165, 1.54) is 11.3 Å². The monoisotopic (exact) mass is 516 g/mol. The summed E-state index contributed by atoms with van der Waals surface area (Å²) in [6, 6.07) is 17.4. The topological polar surface area (TPSA) is 81.3 Å². The van der Waals surface area contributed by atoms with Crippen LogP contribution in [-0.4, -0.2) is 35.8 Å². The molecular weight excluding hydrogens is 500 g/mol. The smallest absolute Gasteiger partial charge is 0.344 e. The molecule has 32 heavy (non-hydrogen) atoms. The molecule has 0 bridgehead atoms. The molecule has 164 valence electrons. The first-order valence-corrected chi connectivity index (χ1v) is 10.9. The van der Waals surface area contributed by atoms with Gasteiger partial charge in [0.25, 0.3) is 5.91 Å². The predicted octanol–water partition coefficient (Wildman–Crippen LogP) is 5.00. The molecular formula is C23H18BrClN2O5. The number of amides is 1. The Kier molecular flexibility index (Phi) is 6.92. The highest BCUT2D eigenvalue weighted by molar-refractivity contribution is 9.10. The lowest BCUT2D eigenvalue weighted by atomic mass is 10.0. The van der Waals surface area contributed by atoms with Crippen LogP contribution in [0.25, 0.3) is 0 Å². The standard InChI is InChI=1S/C23H18BrClN2O5/c24-16-3-1-4-18(11-16)31-14-23(29)32-13-22(28)27-20(21-5-2-10-30-21)12-19(26-27)15-6-8-17(25)9-7-15/h1-11,20H,12-14H2. The summed E-state index contributed by atoms with van der Waals surface area (Å²) in [5.41, 5.74) is 1.56. The van der Waals surface area contributed by atoms with Crippen molar-refractivity contribution < 1.29 is 23.5 Å². The number of furan rings is 1. The predicted molar refractivity (Wildman–Crippen MR) is 121 cm³/mol. The van der Waals surface area contributed by atoms with Gasteiger partial charge in [-0.1, -0.05) is 45.7 Å². The van der Waals surface area contributed by atoms with Gasteiger partial charge in [-0.05, 0) is 48.0 Å². The minimum atomic E-state index is -0.658. The molecule has 2 heterocycles. The number of hydrogen-bond acceptors (Lipinski definition) is 6. The van der Waals surface area contributed by atoms with E-state index in [2.05, 4.69) is 21.0 Å². The molecule has 1 aromatic heterocycles. The van der Waals surface area contributed by atoms with Crippen molar-refractivity contribution >= 4 is 45.1 Å². The molecule has 0 N–H and O–H groups in total. The van der Waals surface area contributed by atoms with Crippen LogP contribution in [0.4, 0.5) is 0 Å². The Morgan fingerprint density at radius 2 is 1.94 bits per heavy atom. The third-order valence-electron chi connectivity index (χ3n) is 4.72. The molecule has 1 unspecified atom stereocenters. The van der Waals surface area contributed by atoms with Gasteiger partial charge in [0.15, 0.2) is 13.2 Å². The zero-order valence-corrected chi connectivity index (χ0v) is 19.1. The number of halogens is 2. The fraction of sp³-hybridized carbons (Fsp3) is 0.174. The summed E-state index contributed by atoms with van der Waals surface area (Å²) in [5, 5.41) is 6.38. The molecule has 3 aromatic rings. The number of carbonyl (C=O) groups is 2. The first-order chi connectivity index (χ1) is 15.5. The van der Waals surface area contributed by atoms with Crippen molar-refractivity contribution in [3.8, 4) is 5.75 Å². The maximum atomic E-state index is 12.8. The van der Waals surface area contributed by atoms with Crippen molar-refractivity contribution in [2.24, 2.45) is 5.10 Å². The van der Waals surface area contributed by atoms with Gasteiger partial charge in [-0.25, -0.2) is 9.80 Å². The summed E-state index contributed by atoms with van der Waals surface area (Å²) in [7, 11) is 0. The van der Waals surface area contributed by atoms with Crippen molar-refractivity contribution in [3.63, 3.8) is 0 Å². The quantitative estimate of drug-likeness (QED) is 0.412. The zero-order valence-electron chi connectivity index (χ0n) is 16.7. The van der Waals surface area contributed by atoms with Gasteiger partial charge in [-0.15, -0.1) is 0 Å². The number of nitrogens with zero attached hydrogens (tertiary/aromatic N) is 2. The number of ether oxygens (including phenoxy) is 2. The second-order valence-corrected chi connectivity index (χ2v) is 8.29. The van der Waals surface area contributed by atoms with Gasteiger partial charge < -0.3 is 13.9 Å². The molecule has 0 radical (unpaired) electrons. The number of esters is 1. The molecule has 0 aliphatic carbocycles. The molecule has 2 aromatic carbocycles. The van der Waals surface area contributed by atoms with E-state index in [9.17, 15) is 9.59 Å². The van der Waals surface area contributed by atoms with Crippen molar-refractivity contribution in [3.05, 3.63) is 87.7 Å². The number of hydrogen-bond donors (Lipinski definition) is 0. The second-order valence-electron chi connectivity index (χ2n) is 6.93. The van der Waals surface area contributed by atoms with Crippen molar-refractivity contribution in [2.45, 2.75) is 12.5 Å². The van der Waals surface area contributed by atoms with E-state index in [-0.39, 0.29) is 6.61 Å². The molecule has 1 atom stereocenters. The first-order valence-electron chi connectivity index (χ1n) is 9.72. The Labute approximate surface area is 197 Å². The maximum Gasteiger partial charge on any atom is 0.344 e. The molecule has 1 aliphatic rings. The largest absolute Gasteiger partial charge is 0.482 e. The summed E-state index contributed by atoms with van der Waals surface area (Å²) in [5.74, 6) is -0.0205. The first kappa shape index (κ1) is 22.1. The van der Waals surface area contributed by atoms with Crippen LogP contribution in [0.2, 0.25) is 5.02 Å². The van der Waals surface area contributed by atoms with Gasteiger partial charge in [-0.2, -0.15) is 5.10 Å². The minimum Gasteiger partial charge on any atom is -0.482 e. The van der Waals surface area contributed by atoms with Gasteiger partial charge in [0.05, 0.1) is 12.0 Å². The SMILES string of the molecule is O=C(COc1cccc(Br)c1)OCC(=O)N1N=C(c2ccc(Cl)cc2)CC1c1ccco1. The highest BCUT2D eigenvalue weighted by atomic mass is 79.9. The Morgan fingerprint density at radius 1 is 1.12 bits per heavy atom. The van der Waals surface area contributed by atoms with E-state index in [0.717, 1.165) is 10.0 Å². The Hall–Kier alpha value is -3.10. The van der Waals surface area contributed by atoms with E-state index >= 15 is 0 Å². The van der Waals surface area contributed by atoms with E-state index in [1.807, 2.05) is 18.2 Å². The Morgan fingerprint density at radius 3 is 2.66 bits per heavy atom. The highest BCUT2D eigenvalue weighted by Gasteiger charge is 2.35. The van der Waals surface area contributed by atoms with Gasteiger partial charge >= 0.3 is 5.97 Å². The van der Waals surface area contributed by atoms with Gasteiger partial charge in [0.1, 0.15) is 17.6 Å². The van der Waals surface area contributed by atoms with Crippen LogP contribution in [0.3, 0.4) is 0 Å². The van der Waals surface area contributed by atoms with E-state index in [0.29, 0.717) is 28.7 Å². The lowest BCUT2D eigenvalue weighted by molar-refractivity contribution is -0.154. The van der Waals surface area contributed by atoms with Crippen LogP contribution in [0.1, 0.15) is 23.8 Å². The zero-order chi connectivity index (χ0) is 22.5.